The number of aromatic nitrogens is 1. The molecule has 1 aromatic heterocycles. The highest BCUT2D eigenvalue weighted by atomic mass is 16.5. The highest BCUT2D eigenvalue weighted by molar-refractivity contribution is 5.93. The van der Waals surface area contributed by atoms with Crippen molar-refractivity contribution in [3.63, 3.8) is 0 Å². The lowest BCUT2D eigenvalue weighted by atomic mass is 10.1. The van der Waals surface area contributed by atoms with Gasteiger partial charge in [-0.15, -0.1) is 4.91 Å². The first-order valence-corrected chi connectivity index (χ1v) is 8.55. The Bertz CT molecular complexity index is 1020. The van der Waals surface area contributed by atoms with Crippen molar-refractivity contribution in [2.24, 2.45) is 5.18 Å². The Morgan fingerprint density at radius 2 is 1.90 bits per heavy atom. The van der Waals surface area contributed by atoms with E-state index in [0.29, 0.717) is 12.2 Å². The molecule has 1 amide bonds. The van der Waals surface area contributed by atoms with E-state index in [-0.39, 0.29) is 58.6 Å². The summed E-state index contributed by atoms with van der Waals surface area (Å²) in [6.45, 7) is 0.207. The summed E-state index contributed by atoms with van der Waals surface area (Å²) in [6, 6.07) is 9.51. The van der Waals surface area contributed by atoms with Crippen molar-refractivity contribution < 1.29 is 34.9 Å². The molecule has 0 unspecified atom stereocenters. The molecular formula is C19H18N3O8-. The summed E-state index contributed by atoms with van der Waals surface area (Å²) in [5.41, 5.74) is 0.253. The first-order valence-electron chi connectivity index (χ1n) is 8.55. The number of rotatable bonds is 8. The van der Waals surface area contributed by atoms with Crippen LogP contribution in [-0.4, -0.2) is 45.0 Å². The van der Waals surface area contributed by atoms with Crippen LogP contribution in [0.25, 0.3) is 11.3 Å². The monoisotopic (exact) mass is 416 g/mol. The van der Waals surface area contributed by atoms with Crippen LogP contribution in [0.4, 0.5) is 5.69 Å². The Morgan fingerprint density at radius 3 is 2.57 bits per heavy atom. The second-order valence-electron chi connectivity index (χ2n) is 5.93. The molecule has 0 aliphatic heterocycles. The fraction of sp³-hybridized carbons (Fsp3) is 0.158. The summed E-state index contributed by atoms with van der Waals surface area (Å²) >= 11 is 0. The summed E-state index contributed by atoms with van der Waals surface area (Å²) in [6.07, 6.45) is 0.394. The molecule has 0 saturated carbocycles. The standard InChI is InChI=1S/C19H17N3O7.H2O/c23-7-1-6-20-19(26)14-10-17(29-22-14)18-15(25)8-12(24)9-16(18)28-13-4-2-11(21-27)3-5-13;/h2-5,8-10,23-25H,1,6-7H2,(H,20,26);1H2/p-1. The van der Waals surface area contributed by atoms with Crippen molar-refractivity contribution in [3.8, 4) is 34.3 Å². The summed E-state index contributed by atoms with van der Waals surface area (Å²) in [5.74, 6) is -0.728. The maximum atomic E-state index is 12.1. The Morgan fingerprint density at radius 1 is 1.17 bits per heavy atom. The Hall–Kier alpha value is -3.96. The molecule has 2 aromatic carbocycles. The quantitative estimate of drug-likeness (QED) is 0.316. The van der Waals surface area contributed by atoms with Crippen molar-refractivity contribution in [2.45, 2.75) is 6.42 Å². The number of nitrogens with one attached hydrogen (secondary N) is 1. The SMILES string of the molecule is O=Nc1ccc(Oc2cc(O)cc(O)c2-c2cc(C(=O)NCCCO)no2)cc1.[OH-]. The van der Waals surface area contributed by atoms with Crippen LogP contribution in [0.1, 0.15) is 16.9 Å². The average Bonchev–Trinajstić information content (AvgIpc) is 3.18. The van der Waals surface area contributed by atoms with Crippen LogP contribution in [0.3, 0.4) is 0 Å². The molecule has 1 heterocycles. The number of ether oxygens (including phenoxy) is 1. The largest absolute Gasteiger partial charge is 0.870 e. The third-order valence-corrected chi connectivity index (χ3v) is 3.85. The van der Waals surface area contributed by atoms with Gasteiger partial charge in [-0.25, -0.2) is 0 Å². The molecule has 0 bridgehead atoms. The molecule has 11 heteroatoms. The highest BCUT2D eigenvalue weighted by Gasteiger charge is 2.21. The lowest BCUT2D eigenvalue weighted by Gasteiger charge is -2.11. The molecule has 0 radical (unpaired) electrons. The number of hydrogen-bond acceptors (Lipinski definition) is 10. The fourth-order valence-corrected chi connectivity index (χ4v) is 2.49. The molecule has 0 aliphatic rings. The van der Waals surface area contributed by atoms with E-state index in [1.165, 1.54) is 36.4 Å². The third-order valence-electron chi connectivity index (χ3n) is 3.85. The fourth-order valence-electron chi connectivity index (χ4n) is 2.49. The second kappa shape index (κ2) is 10.0. The Kier molecular flexibility index (Phi) is 7.44. The number of nitroso groups, excluding NO2 is 1. The van der Waals surface area contributed by atoms with E-state index >= 15 is 0 Å². The van der Waals surface area contributed by atoms with E-state index in [1.54, 1.807) is 0 Å². The van der Waals surface area contributed by atoms with Gasteiger partial charge in [-0.3, -0.25) is 4.79 Å². The molecule has 30 heavy (non-hydrogen) atoms. The highest BCUT2D eigenvalue weighted by Crippen LogP contribution is 2.43. The number of phenolic OH excluding ortho intramolecular Hbond substituents is 2. The van der Waals surface area contributed by atoms with Crippen molar-refractivity contribution in [1.82, 2.24) is 10.5 Å². The average molecular weight is 416 g/mol. The molecule has 0 fully saturated rings. The van der Waals surface area contributed by atoms with E-state index in [9.17, 15) is 19.9 Å². The van der Waals surface area contributed by atoms with Crippen LogP contribution in [0.2, 0.25) is 0 Å². The zero-order chi connectivity index (χ0) is 20.8. The van der Waals surface area contributed by atoms with Gasteiger partial charge in [0.05, 0.1) is 0 Å². The van der Waals surface area contributed by atoms with Gasteiger partial charge in [0.15, 0.2) is 11.5 Å². The first kappa shape index (κ1) is 22.3. The topological polar surface area (TPSA) is 184 Å². The van der Waals surface area contributed by atoms with E-state index in [0.717, 1.165) is 6.07 Å². The summed E-state index contributed by atoms with van der Waals surface area (Å²) in [4.78, 5) is 22.6. The van der Waals surface area contributed by atoms with Crippen LogP contribution in [0.15, 0.2) is 52.2 Å². The summed E-state index contributed by atoms with van der Waals surface area (Å²) in [7, 11) is 0. The van der Waals surface area contributed by atoms with Crippen molar-refractivity contribution in [1.29, 1.82) is 0 Å². The number of hydrogen-bond donors (Lipinski definition) is 4. The number of amides is 1. The number of carbonyl (C=O) groups excluding carboxylic acids is 1. The first-order chi connectivity index (χ1) is 14.0. The zero-order valence-electron chi connectivity index (χ0n) is 15.5. The third kappa shape index (κ3) is 5.10. The molecule has 158 valence electrons. The lowest BCUT2D eigenvalue weighted by molar-refractivity contribution is 0.0942. The van der Waals surface area contributed by atoms with Gasteiger partial charge in [0, 0.05) is 31.4 Å². The van der Waals surface area contributed by atoms with Gasteiger partial charge in [-0.2, -0.15) is 0 Å². The molecule has 3 aromatic rings. The number of nitrogens with zero attached hydrogens (tertiary/aromatic N) is 2. The van der Waals surface area contributed by atoms with Crippen LogP contribution < -0.4 is 10.1 Å². The Labute approximate surface area is 169 Å². The van der Waals surface area contributed by atoms with Crippen LogP contribution in [-0.2, 0) is 0 Å². The minimum atomic E-state index is -0.508. The maximum Gasteiger partial charge on any atom is 0.273 e. The van der Waals surface area contributed by atoms with Crippen molar-refractivity contribution >= 4 is 11.6 Å². The predicted octanol–water partition coefficient (Wildman–Crippen LogP) is 2.88. The number of aromatic hydroxyl groups is 2. The van der Waals surface area contributed by atoms with Crippen molar-refractivity contribution in [2.75, 3.05) is 13.2 Å². The number of carbonyl (C=O) groups is 1. The molecular weight excluding hydrogens is 398 g/mol. The van der Waals surface area contributed by atoms with Crippen LogP contribution in [0.5, 0.6) is 23.0 Å². The number of benzene rings is 2. The number of phenols is 2. The summed E-state index contributed by atoms with van der Waals surface area (Å²) in [5, 5.41) is 37.9. The van der Waals surface area contributed by atoms with Gasteiger partial charge in [-0.05, 0) is 35.9 Å². The van der Waals surface area contributed by atoms with Gasteiger partial charge >= 0.3 is 0 Å². The number of aliphatic hydroxyl groups is 1. The molecule has 5 N–H and O–H groups in total. The van der Waals surface area contributed by atoms with E-state index in [4.69, 9.17) is 14.4 Å². The lowest BCUT2D eigenvalue weighted by Crippen LogP contribution is -2.25. The van der Waals surface area contributed by atoms with Gasteiger partial charge in [0.1, 0.15) is 34.2 Å². The van der Waals surface area contributed by atoms with E-state index in [2.05, 4.69) is 15.7 Å². The molecule has 11 nitrogen and oxygen atoms in total. The molecule has 0 spiro atoms. The molecule has 0 saturated heterocycles. The van der Waals surface area contributed by atoms with Gasteiger partial charge in [0.25, 0.3) is 5.91 Å². The predicted molar refractivity (Wildman–Crippen MR) is 103 cm³/mol. The maximum absolute atomic E-state index is 12.1. The molecule has 0 aliphatic carbocycles. The van der Waals surface area contributed by atoms with Crippen molar-refractivity contribution in [3.05, 3.63) is 53.1 Å². The Balaban J connectivity index is 0.00000320. The van der Waals surface area contributed by atoms with Crippen LogP contribution >= 0.6 is 0 Å². The van der Waals surface area contributed by atoms with Gasteiger partial charge in [0.2, 0.25) is 0 Å². The van der Waals surface area contributed by atoms with Crippen LogP contribution in [0, 0.1) is 4.91 Å². The van der Waals surface area contributed by atoms with E-state index < -0.39 is 5.91 Å². The minimum Gasteiger partial charge on any atom is -0.870 e. The van der Waals surface area contributed by atoms with Gasteiger partial charge < -0.3 is 35.4 Å². The summed E-state index contributed by atoms with van der Waals surface area (Å²) < 4.78 is 10.9. The normalized spacial score (nSPS) is 10.2. The van der Waals surface area contributed by atoms with E-state index in [1.807, 2.05) is 0 Å². The smallest absolute Gasteiger partial charge is 0.273 e. The second-order valence-corrected chi connectivity index (χ2v) is 5.93. The minimum absolute atomic E-state index is 0. The molecule has 3 rings (SSSR count). The number of aliphatic hydroxyl groups excluding tert-OH is 1. The zero-order valence-corrected chi connectivity index (χ0v) is 15.5. The molecule has 0 atom stereocenters. The van der Waals surface area contributed by atoms with Gasteiger partial charge in [-0.1, -0.05) is 5.16 Å².